The van der Waals surface area contributed by atoms with Gasteiger partial charge in [-0.15, -0.1) is 0 Å². The molecule has 0 spiro atoms. The monoisotopic (exact) mass is 273 g/mol. The summed E-state index contributed by atoms with van der Waals surface area (Å²) in [5.41, 5.74) is 2.70. The number of likely N-dealkylation sites (N-methyl/N-ethyl adjacent to an activating group) is 1. The van der Waals surface area contributed by atoms with Gasteiger partial charge >= 0.3 is 0 Å². The van der Waals surface area contributed by atoms with Crippen molar-refractivity contribution in [2.24, 2.45) is 0 Å². The smallest absolute Gasteiger partial charge is 0.237 e. The molecule has 1 N–H and O–H groups in total. The SMILES string of the molecule is CNC1CCN(CC(=O)N2CCc3ccccc3C2)C1. The number of carbonyl (C=O) groups is 1. The summed E-state index contributed by atoms with van der Waals surface area (Å²) < 4.78 is 0. The summed E-state index contributed by atoms with van der Waals surface area (Å²) >= 11 is 0. The lowest BCUT2D eigenvalue weighted by Crippen LogP contribution is -2.42. The van der Waals surface area contributed by atoms with Gasteiger partial charge in [-0.1, -0.05) is 24.3 Å². The summed E-state index contributed by atoms with van der Waals surface area (Å²) in [6, 6.07) is 9.00. The van der Waals surface area contributed by atoms with Gasteiger partial charge < -0.3 is 10.2 Å². The molecule has 20 heavy (non-hydrogen) atoms. The van der Waals surface area contributed by atoms with E-state index in [9.17, 15) is 4.79 Å². The zero-order valence-corrected chi connectivity index (χ0v) is 12.1. The summed E-state index contributed by atoms with van der Waals surface area (Å²) in [7, 11) is 2.00. The first kappa shape index (κ1) is 13.6. The van der Waals surface area contributed by atoms with Crippen LogP contribution in [0.1, 0.15) is 17.5 Å². The average Bonchev–Trinajstić information content (AvgIpc) is 2.94. The molecule has 108 valence electrons. The molecule has 1 aromatic carbocycles. The van der Waals surface area contributed by atoms with Gasteiger partial charge in [0.2, 0.25) is 5.91 Å². The van der Waals surface area contributed by atoms with Crippen LogP contribution in [0.2, 0.25) is 0 Å². The number of hydrogen-bond acceptors (Lipinski definition) is 3. The molecule has 1 amide bonds. The number of likely N-dealkylation sites (tertiary alicyclic amines) is 1. The molecule has 4 heteroatoms. The minimum Gasteiger partial charge on any atom is -0.337 e. The van der Waals surface area contributed by atoms with Gasteiger partial charge in [0.15, 0.2) is 0 Å². The van der Waals surface area contributed by atoms with E-state index in [1.807, 2.05) is 11.9 Å². The second-order valence-electron chi connectivity index (χ2n) is 5.84. The molecule has 0 aromatic heterocycles. The Morgan fingerprint density at radius 3 is 2.85 bits per heavy atom. The van der Waals surface area contributed by atoms with Crippen LogP contribution in [-0.4, -0.2) is 55.0 Å². The van der Waals surface area contributed by atoms with Crippen LogP contribution in [0.5, 0.6) is 0 Å². The molecule has 1 fully saturated rings. The molecule has 1 saturated heterocycles. The summed E-state index contributed by atoms with van der Waals surface area (Å²) in [5.74, 6) is 0.274. The van der Waals surface area contributed by atoms with Crippen molar-refractivity contribution in [2.45, 2.75) is 25.4 Å². The summed E-state index contributed by atoms with van der Waals surface area (Å²) in [6.07, 6.45) is 2.13. The Kier molecular flexibility index (Phi) is 4.03. The number of nitrogens with zero attached hydrogens (tertiary/aromatic N) is 2. The van der Waals surface area contributed by atoms with E-state index in [1.165, 1.54) is 11.1 Å². The Bertz CT molecular complexity index is 488. The van der Waals surface area contributed by atoms with Gasteiger partial charge in [-0.2, -0.15) is 0 Å². The summed E-state index contributed by atoms with van der Waals surface area (Å²) in [6.45, 7) is 4.23. The van der Waals surface area contributed by atoms with Crippen LogP contribution >= 0.6 is 0 Å². The van der Waals surface area contributed by atoms with Crippen LogP contribution in [0.15, 0.2) is 24.3 Å². The average molecular weight is 273 g/mol. The van der Waals surface area contributed by atoms with Crippen LogP contribution in [0.4, 0.5) is 0 Å². The molecule has 2 aliphatic heterocycles. The molecule has 2 aliphatic rings. The third-order valence-electron chi connectivity index (χ3n) is 4.52. The fourth-order valence-electron chi connectivity index (χ4n) is 3.21. The molecule has 4 nitrogen and oxygen atoms in total. The van der Waals surface area contributed by atoms with Crippen molar-refractivity contribution in [3.63, 3.8) is 0 Å². The molecule has 3 rings (SSSR count). The largest absolute Gasteiger partial charge is 0.337 e. The zero-order chi connectivity index (χ0) is 13.9. The van der Waals surface area contributed by atoms with Crippen molar-refractivity contribution in [3.05, 3.63) is 35.4 Å². The molecule has 1 unspecified atom stereocenters. The lowest BCUT2D eigenvalue weighted by Gasteiger charge is -2.30. The van der Waals surface area contributed by atoms with Gasteiger partial charge in [0.1, 0.15) is 0 Å². The lowest BCUT2D eigenvalue weighted by molar-refractivity contribution is -0.133. The number of hydrogen-bond donors (Lipinski definition) is 1. The van der Waals surface area contributed by atoms with Crippen LogP contribution < -0.4 is 5.32 Å². The number of nitrogens with one attached hydrogen (secondary N) is 1. The Labute approximate surface area is 120 Å². The first-order valence-corrected chi connectivity index (χ1v) is 7.50. The molecule has 0 aliphatic carbocycles. The van der Waals surface area contributed by atoms with Gasteiger partial charge in [-0.25, -0.2) is 0 Å². The van der Waals surface area contributed by atoms with Gasteiger partial charge in [0.25, 0.3) is 0 Å². The maximum absolute atomic E-state index is 12.4. The van der Waals surface area contributed by atoms with Crippen LogP contribution in [0.25, 0.3) is 0 Å². The number of carbonyl (C=O) groups excluding carboxylic acids is 1. The van der Waals surface area contributed by atoms with E-state index in [0.717, 1.165) is 39.0 Å². The van der Waals surface area contributed by atoms with Crippen molar-refractivity contribution in [3.8, 4) is 0 Å². The zero-order valence-electron chi connectivity index (χ0n) is 12.1. The Morgan fingerprint density at radius 1 is 1.30 bits per heavy atom. The van der Waals surface area contributed by atoms with Crippen molar-refractivity contribution >= 4 is 5.91 Å². The highest BCUT2D eigenvalue weighted by molar-refractivity contribution is 5.78. The Hall–Kier alpha value is -1.39. The van der Waals surface area contributed by atoms with Crippen LogP contribution in [0, 0.1) is 0 Å². The van der Waals surface area contributed by atoms with E-state index in [1.54, 1.807) is 0 Å². The molecular formula is C16H23N3O. The van der Waals surface area contributed by atoms with Gasteiger partial charge in [-0.3, -0.25) is 9.69 Å². The van der Waals surface area contributed by atoms with E-state index >= 15 is 0 Å². The predicted octanol–water partition coefficient (Wildman–Crippen LogP) is 0.865. The van der Waals surface area contributed by atoms with E-state index in [0.29, 0.717) is 12.6 Å². The Morgan fingerprint density at radius 2 is 2.10 bits per heavy atom. The molecule has 0 bridgehead atoms. The molecule has 2 heterocycles. The highest BCUT2D eigenvalue weighted by Crippen LogP contribution is 2.19. The molecule has 0 radical (unpaired) electrons. The van der Waals surface area contributed by atoms with Crippen LogP contribution in [-0.2, 0) is 17.8 Å². The Balaban J connectivity index is 1.57. The second-order valence-corrected chi connectivity index (χ2v) is 5.84. The highest BCUT2D eigenvalue weighted by atomic mass is 16.2. The van der Waals surface area contributed by atoms with E-state index in [-0.39, 0.29) is 5.91 Å². The first-order valence-electron chi connectivity index (χ1n) is 7.50. The normalized spacial score (nSPS) is 22.9. The van der Waals surface area contributed by atoms with Gasteiger partial charge in [-0.05, 0) is 31.0 Å². The fraction of sp³-hybridized carbons (Fsp3) is 0.562. The minimum atomic E-state index is 0.274. The van der Waals surface area contributed by atoms with Crippen molar-refractivity contribution in [1.82, 2.24) is 15.1 Å². The van der Waals surface area contributed by atoms with Crippen molar-refractivity contribution in [1.29, 1.82) is 0 Å². The molecule has 1 atom stereocenters. The summed E-state index contributed by atoms with van der Waals surface area (Å²) in [4.78, 5) is 16.7. The maximum Gasteiger partial charge on any atom is 0.237 e. The first-order chi connectivity index (χ1) is 9.76. The minimum absolute atomic E-state index is 0.274. The van der Waals surface area contributed by atoms with Gasteiger partial charge in [0.05, 0.1) is 6.54 Å². The highest BCUT2D eigenvalue weighted by Gasteiger charge is 2.26. The quantitative estimate of drug-likeness (QED) is 0.887. The molecule has 0 saturated carbocycles. The molecule has 1 aromatic rings. The predicted molar refractivity (Wildman–Crippen MR) is 79.5 cm³/mol. The van der Waals surface area contributed by atoms with Crippen LogP contribution in [0.3, 0.4) is 0 Å². The third kappa shape index (κ3) is 2.86. The molecular weight excluding hydrogens is 250 g/mol. The number of benzene rings is 1. The van der Waals surface area contributed by atoms with E-state index < -0.39 is 0 Å². The number of fused-ring (bicyclic) bond motifs is 1. The number of amides is 1. The van der Waals surface area contributed by atoms with Gasteiger partial charge in [0, 0.05) is 32.2 Å². The maximum atomic E-state index is 12.4. The van der Waals surface area contributed by atoms with Crippen molar-refractivity contribution < 1.29 is 4.79 Å². The summed E-state index contributed by atoms with van der Waals surface area (Å²) in [5, 5.41) is 3.29. The second kappa shape index (κ2) is 5.94. The lowest BCUT2D eigenvalue weighted by atomic mass is 10.00. The van der Waals surface area contributed by atoms with E-state index in [4.69, 9.17) is 0 Å². The topological polar surface area (TPSA) is 35.6 Å². The van der Waals surface area contributed by atoms with Crippen molar-refractivity contribution in [2.75, 3.05) is 33.2 Å². The van der Waals surface area contributed by atoms with E-state index in [2.05, 4.69) is 34.5 Å². The number of rotatable bonds is 3. The third-order valence-corrected chi connectivity index (χ3v) is 4.52. The fourth-order valence-corrected chi connectivity index (χ4v) is 3.21. The standard InChI is InChI=1S/C16H23N3O/c1-17-15-7-8-18(11-15)12-16(20)19-9-6-13-4-2-3-5-14(13)10-19/h2-5,15,17H,6-12H2,1H3.